The van der Waals surface area contributed by atoms with Gasteiger partial charge in [-0.15, -0.1) is 0 Å². The maximum atomic E-state index is 9.15. The average molecular weight is 349 g/mol. The van der Waals surface area contributed by atoms with Gasteiger partial charge in [0.2, 0.25) is 0 Å². The summed E-state index contributed by atoms with van der Waals surface area (Å²) >= 11 is 0. The molecular formula is C20H23N5O. The maximum Gasteiger partial charge on any atom is 0.142 e. The largest absolute Gasteiger partial charge is 0.379 e. The molecule has 0 aliphatic carbocycles. The summed E-state index contributed by atoms with van der Waals surface area (Å²) in [6.07, 6.45) is 4.11. The lowest BCUT2D eigenvalue weighted by Crippen LogP contribution is -2.51. The van der Waals surface area contributed by atoms with Gasteiger partial charge in [0.15, 0.2) is 0 Å². The first-order valence-electron chi connectivity index (χ1n) is 9.14. The van der Waals surface area contributed by atoms with Crippen LogP contribution in [0, 0.1) is 16.7 Å². The van der Waals surface area contributed by atoms with Crippen molar-refractivity contribution < 1.29 is 4.74 Å². The van der Waals surface area contributed by atoms with Crippen molar-refractivity contribution in [2.24, 2.45) is 5.41 Å². The molecule has 1 atom stereocenters. The molecule has 4 rings (SSSR count). The lowest BCUT2D eigenvalue weighted by Gasteiger charge is -2.44. The van der Waals surface area contributed by atoms with Gasteiger partial charge >= 0.3 is 0 Å². The van der Waals surface area contributed by atoms with E-state index in [1.807, 2.05) is 30.5 Å². The molecule has 2 aromatic heterocycles. The Balaban J connectivity index is 1.57. The van der Waals surface area contributed by atoms with E-state index in [-0.39, 0.29) is 5.41 Å². The van der Waals surface area contributed by atoms with Gasteiger partial charge in [-0.2, -0.15) is 5.26 Å². The summed E-state index contributed by atoms with van der Waals surface area (Å²) in [6, 6.07) is 13.8. The molecule has 0 bridgehead atoms. The van der Waals surface area contributed by atoms with E-state index in [4.69, 9.17) is 10.00 Å². The van der Waals surface area contributed by atoms with Crippen molar-refractivity contribution in [3.8, 4) is 6.07 Å². The molecule has 6 heteroatoms. The van der Waals surface area contributed by atoms with Crippen molar-refractivity contribution in [1.82, 2.24) is 9.97 Å². The second kappa shape index (κ2) is 7.30. The van der Waals surface area contributed by atoms with Crippen molar-refractivity contribution in [1.29, 1.82) is 5.26 Å². The highest BCUT2D eigenvalue weighted by Gasteiger charge is 2.39. The topological polar surface area (TPSA) is 65.3 Å². The Bertz CT molecular complexity index is 790. The van der Waals surface area contributed by atoms with E-state index in [1.54, 1.807) is 6.07 Å². The zero-order chi connectivity index (χ0) is 17.8. The number of nitrogens with zero attached hydrogens (tertiary/aromatic N) is 5. The molecule has 134 valence electrons. The molecule has 0 aromatic carbocycles. The maximum absolute atomic E-state index is 9.15. The molecule has 2 saturated heterocycles. The fourth-order valence-electron chi connectivity index (χ4n) is 4.04. The van der Waals surface area contributed by atoms with Crippen molar-refractivity contribution in [2.75, 3.05) is 49.2 Å². The zero-order valence-corrected chi connectivity index (χ0v) is 14.8. The molecule has 2 aliphatic rings. The Morgan fingerprint density at radius 2 is 1.88 bits per heavy atom. The van der Waals surface area contributed by atoms with E-state index >= 15 is 0 Å². The number of hydrogen-bond acceptors (Lipinski definition) is 6. The Labute approximate surface area is 154 Å². The molecule has 2 fully saturated rings. The Morgan fingerprint density at radius 1 is 1.04 bits per heavy atom. The predicted octanol–water partition coefficient (Wildman–Crippen LogP) is 2.47. The van der Waals surface area contributed by atoms with Crippen LogP contribution in [0.3, 0.4) is 0 Å². The Morgan fingerprint density at radius 3 is 2.69 bits per heavy atom. The fraction of sp³-hybridized carbons (Fsp3) is 0.450. The molecular weight excluding hydrogens is 326 g/mol. The fourth-order valence-corrected chi connectivity index (χ4v) is 4.04. The van der Waals surface area contributed by atoms with Gasteiger partial charge in [0.1, 0.15) is 23.4 Å². The van der Waals surface area contributed by atoms with Crippen LogP contribution < -0.4 is 9.80 Å². The summed E-state index contributed by atoms with van der Waals surface area (Å²) in [6.45, 7) is 5.08. The quantitative estimate of drug-likeness (QED) is 0.830. The van der Waals surface area contributed by atoms with E-state index in [0.717, 1.165) is 57.3 Å². The average Bonchev–Trinajstić information content (AvgIpc) is 2.91. The van der Waals surface area contributed by atoms with E-state index in [1.165, 1.54) is 0 Å². The molecule has 0 unspecified atom stereocenters. The monoisotopic (exact) mass is 349 g/mol. The third-order valence-corrected chi connectivity index (χ3v) is 5.25. The highest BCUT2D eigenvalue weighted by molar-refractivity contribution is 5.43. The van der Waals surface area contributed by atoms with Gasteiger partial charge in [-0.3, -0.25) is 0 Å². The molecule has 0 saturated carbocycles. The van der Waals surface area contributed by atoms with E-state index in [0.29, 0.717) is 12.3 Å². The van der Waals surface area contributed by atoms with Gasteiger partial charge in [-0.05, 0) is 37.1 Å². The van der Waals surface area contributed by atoms with Gasteiger partial charge < -0.3 is 14.5 Å². The summed E-state index contributed by atoms with van der Waals surface area (Å²) < 4.78 is 6.00. The normalized spacial score (nSPS) is 23.5. The minimum absolute atomic E-state index is 0.0522. The first-order chi connectivity index (χ1) is 12.8. The van der Waals surface area contributed by atoms with Crippen LogP contribution in [0.2, 0.25) is 0 Å². The van der Waals surface area contributed by atoms with Crippen LogP contribution in [-0.4, -0.2) is 49.4 Å². The minimum Gasteiger partial charge on any atom is -0.379 e. The van der Waals surface area contributed by atoms with Crippen LogP contribution in [0.15, 0.2) is 42.6 Å². The van der Waals surface area contributed by atoms with Crippen LogP contribution in [0.5, 0.6) is 0 Å². The summed E-state index contributed by atoms with van der Waals surface area (Å²) in [7, 11) is 0. The summed E-state index contributed by atoms with van der Waals surface area (Å²) in [4.78, 5) is 13.7. The second-order valence-electron chi connectivity index (χ2n) is 7.18. The standard InChI is InChI=1S/C20H23N5O/c21-13-17-5-3-7-19(23-17)25-11-12-26-16-20(15-25)8-4-10-24(14-20)18-6-1-2-9-22-18/h1-3,5-7,9H,4,8,10-12,14-16H2/t20-/m0/s1. The van der Waals surface area contributed by atoms with Gasteiger partial charge in [-0.1, -0.05) is 12.1 Å². The highest BCUT2D eigenvalue weighted by Crippen LogP contribution is 2.35. The minimum atomic E-state index is 0.0522. The number of nitriles is 1. The van der Waals surface area contributed by atoms with Crippen molar-refractivity contribution in [3.63, 3.8) is 0 Å². The third-order valence-electron chi connectivity index (χ3n) is 5.25. The van der Waals surface area contributed by atoms with E-state index in [9.17, 15) is 0 Å². The van der Waals surface area contributed by atoms with Crippen LogP contribution in [-0.2, 0) is 4.74 Å². The number of hydrogen-bond donors (Lipinski definition) is 0. The molecule has 4 heterocycles. The molecule has 0 N–H and O–H groups in total. The van der Waals surface area contributed by atoms with E-state index < -0.39 is 0 Å². The predicted molar refractivity (Wildman–Crippen MR) is 100 cm³/mol. The third kappa shape index (κ3) is 3.49. The summed E-state index contributed by atoms with van der Waals surface area (Å²) in [5.74, 6) is 1.90. The van der Waals surface area contributed by atoms with Crippen molar-refractivity contribution in [3.05, 3.63) is 48.3 Å². The number of piperidine rings is 1. The van der Waals surface area contributed by atoms with Crippen LogP contribution in [0.4, 0.5) is 11.6 Å². The SMILES string of the molecule is N#Cc1cccc(N2CCOC[C@]3(CCCN(c4ccccn4)C3)C2)n1. The molecule has 0 amide bonds. The van der Waals surface area contributed by atoms with Crippen LogP contribution in [0.1, 0.15) is 18.5 Å². The zero-order valence-electron chi connectivity index (χ0n) is 14.8. The van der Waals surface area contributed by atoms with E-state index in [2.05, 4.69) is 31.9 Å². The van der Waals surface area contributed by atoms with Gasteiger partial charge in [-0.25, -0.2) is 9.97 Å². The van der Waals surface area contributed by atoms with Crippen molar-refractivity contribution in [2.45, 2.75) is 12.8 Å². The Hall–Kier alpha value is -2.65. The lowest BCUT2D eigenvalue weighted by atomic mass is 9.80. The highest BCUT2D eigenvalue weighted by atomic mass is 16.5. The molecule has 2 aromatic rings. The molecule has 0 radical (unpaired) electrons. The van der Waals surface area contributed by atoms with Crippen LogP contribution in [0.25, 0.3) is 0 Å². The smallest absolute Gasteiger partial charge is 0.142 e. The molecule has 26 heavy (non-hydrogen) atoms. The molecule has 2 aliphatic heterocycles. The first-order valence-corrected chi connectivity index (χ1v) is 9.14. The lowest BCUT2D eigenvalue weighted by molar-refractivity contribution is 0.0597. The molecule has 1 spiro atoms. The number of aromatic nitrogens is 2. The summed E-state index contributed by atoms with van der Waals surface area (Å²) in [5, 5.41) is 9.15. The number of pyridine rings is 2. The summed E-state index contributed by atoms with van der Waals surface area (Å²) in [5.41, 5.74) is 0.511. The molecule has 6 nitrogen and oxygen atoms in total. The van der Waals surface area contributed by atoms with Crippen LogP contribution >= 0.6 is 0 Å². The van der Waals surface area contributed by atoms with Gasteiger partial charge in [0, 0.05) is 37.8 Å². The number of ether oxygens (including phenoxy) is 1. The first kappa shape index (κ1) is 16.8. The van der Waals surface area contributed by atoms with Crippen molar-refractivity contribution >= 4 is 11.6 Å². The van der Waals surface area contributed by atoms with Gasteiger partial charge in [0.25, 0.3) is 0 Å². The number of rotatable bonds is 2. The second-order valence-corrected chi connectivity index (χ2v) is 7.18. The number of anilines is 2. The van der Waals surface area contributed by atoms with Gasteiger partial charge in [0.05, 0.1) is 13.2 Å². The Kier molecular flexibility index (Phi) is 4.72.